The minimum absolute atomic E-state index is 0.0269. The van der Waals surface area contributed by atoms with E-state index in [2.05, 4.69) is 26.6 Å². The van der Waals surface area contributed by atoms with Gasteiger partial charge in [0.1, 0.15) is 72.6 Å². The van der Waals surface area contributed by atoms with Crippen LogP contribution < -0.4 is 26.6 Å². The van der Waals surface area contributed by atoms with Crippen LogP contribution >= 0.6 is 0 Å². The van der Waals surface area contributed by atoms with Crippen LogP contribution in [0.3, 0.4) is 0 Å². The predicted octanol–water partition coefficient (Wildman–Crippen LogP) is -0.160. The van der Waals surface area contributed by atoms with Crippen LogP contribution in [0.5, 0.6) is 0 Å². The fourth-order valence-electron chi connectivity index (χ4n) is 14.2. The number of aliphatic carboxylic acids is 1. The van der Waals surface area contributed by atoms with Crippen molar-refractivity contribution < 1.29 is 122 Å². The molecule has 4 fully saturated rings. The van der Waals surface area contributed by atoms with Gasteiger partial charge in [0.25, 0.3) is 0 Å². The number of esters is 3. The molecule has 2 heterocycles. The molecule has 30 nitrogen and oxygen atoms in total. The Kier molecular flexibility index (Phi) is 25.1. The van der Waals surface area contributed by atoms with Crippen molar-refractivity contribution in [3.8, 4) is 0 Å². The molecule has 0 radical (unpaired) electrons. The second-order valence-electron chi connectivity index (χ2n) is 27.0. The predicted molar refractivity (Wildman–Crippen MR) is 346 cm³/mol. The van der Waals surface area contributed by atoms with Crippen LogP contribution in [0.25, 0.3) is 0 Å². The Morgan fingerprint density at radius 3 is 1.94 bits per heavy atom. The summed E-state index contributed by atoms with van der Waals surface area (Å²) in [6, 6.07) is 17.6. The average molecular weight is 1400 g/mol. The Bertz CT molecular complexity index is 3530. The minimum atomic E-state index is -2.44. The van der Waals surface area contributed by atoms with Crippen LogP contribution in [0.1, 0.15) is 132 Å². The van der Waals surface area contributed by atoms with Crippen molar-refractivity contribution in [2.45, 2.75) is 203 Å². The highest BCUT2D eigenvalue weighted by molar-refractivity contribution is 5.98. The molecule has 2 saturated heterocycles. The Hall–Kier alpha value is -8.43. The number of fused-ring (bicyclic) bond motifs is 5. The molecule has 30 heteroatoms. The molecule has 2 bridgehead atoms. The zero-order chi connectivity index (χ0) is 73.3. The zero-order valence-corrected chi connectivity index (χ0v) is 56.3. The zero-order valence-electron chi connectivity index (χ0n) is 56.3. The van der Waals surface area contributed by atoms with Crippen molar-refractivity contribution >= 4 is 65.5 Å². The van der Waals surface area contributed by atoms with Crippen molar-refractivity contribution in [2.24, 2.45) is 22.7 Å². The fourth-order valence-corrected chi connectivity index (χ4v) is 14.2. The molecule has 3 aromatic rings. The highest BCUT2D eigenvalue weighted by Gasteiger charge is 2.76. The largest absolute Gasteiger partial charge is 0.480 e. The number of carboxylic acids is 1. The Morgan fingerprint density at radius 2 is 1.36 bits per heavy atom. The Labute approximate surface area is 575 Å². The van der Waals surface area contributed by atoms with E-state index in [-0.39, 0.29) is 66.5 Å². The van der Waals surface area contributed by atoms with Gasteiger partial charge in [-0.1, -0.05) is 87.5 Å². The first-order valence-electron chi connectivity index (χ1n) is 33.1. The minimum Gasteiger partial charge on any atom is -0.480 e. The molecule has 5 amide bonds. The summed E-state index contributed by atoms with van der Waals surface area (Å²) < 4.78 is 35.0. The number of Topliss-reactive ketones (excluding diaryl/α,β-unsaturated/α-hetero) is 1. The number of benzene rings is 3. The number of ether oxygens (including phenoxy) is 6. The summed E-state index contributed by atoms with van der Waals surface area (Å²) in [6.07, 6.45) is -18.9. The number of carboxylic acid groups (broad SMARTS) is 1. The first kappa shape index (κ1) is 77.3. The van der Waals surface area contributed by atoms with Crippen molar-refractivity contribution in [2.75, 3.05) is 19.8 Å². The lowest BCUT2D eigenvalue weighted by Crippen LogP contribution is -2.81. The van der Waals surface area contributed by atoms with E-state index in [1.807, 2.05) is 0 Å². The van der Waals surface area contributed by atoms with E-state index in [1.165, 1.54) is 84.9 Å². The van der Waals surface area contributed by atoms with E-state index in [0.717, 1.165) is 0 Å². The van der Waals surface area contributed by atoms with Crippen molar-refractivity contribution in [3.63, 3.8) is 0 Å². The number of aldehydes is 1. The van der Waals surface area contributed by atoms with E-state index < -0.39 is 217 Å². The quantitative estimate of drug-likeness (QED) is 0.0107. The van der Waals surface area contributed by atoms with Crippen LogP contribution in [-0.2, 0) is 71.6 Å². The summed E-state index contributed by atoms with van der Waals surface area (Å²) in [5.74, 6) is -12.3. The first-order valence-corrected chi connectivity index (χ1v) is 33.1. The number of nitrogens with one attached hydrogen (secondary N) is 5. The molecule has 0 aromatic heterocycles. The number of aliphatic hydroxyl groups excluding tert-OH is 5. The summed E-state index contributed by atoms with van der Waals surface area (Å²) in [7, 11) is 0. The number of unbranched alkanes of at least 4 members (excludes halogenated alkanes) is 1. The Balaban J connectivity index is 0.817. The van der Waals surface area contributed by atoms with Gasteiger partial charge < -0.3 is 101 Å². The summed E-state index contributed by atoms with van der Waals surface area (Å²) in [4.78, 5) is 147. The van der Waals surface area contributed by atoms with Gasteiger partial charge in [0.2, 0.25) is 29.5 Å². The molecule has 20 atom stereocenters. The van der Waals surface area contributed by atoms with Crippen molar-refractivity contribution in [1.29, 1.82) is 0 Å². The number of carbonyl (C=O) groups excluding carboxylic acids is 10. The summed E-state index contributed by atoms with van der Waals surface area (Å²) in [5, 5.41) is 105. The summed E-state index contributed by atoms with van der Waals surface area (Å²) in [5.41, 5.74) is -7.94. The van der Waals surface area contributed by atoms with Gasteiger partial charge in [-0.05, 0) is 94.4 Å². The highest BCUT2D eigenvalue weighted by atomic mass is 16.7. The van der Waals surface area contributed by atoms with E-state index in [0.29, 0.717) is 6.29 Å². The van der Waals surface area contributed by atoms with Crippen LogP contribution in [0, 0.1) is 22.7 Å². The standard InChI is InChI=1S/C70H89N5O25/c1-35-44(31-70(94)59(100-65(91)41-23-15-10-16-24-41)57-68(7,46(78)29-47-69(57,93)34-95-47)58(84)53(82)51(35)67(70,5)6)97-66(92)54(83)52(39-19-11-8-12-20-39)75-50(81)30-49(80)71-28-18-17-25-43(62(87)88)74-48(79)27-26-42(32-76)73-60(85)37(3)72-61(86)38(4)96-55-36(2)63(89)98-45(33-77)56(55)99-64(90)40-21-13-9-14-22-40/h8-16,19-24,32,36-38,42-47,52-57,59,63,77-78,82-83,89,93-94H,17-18,25-31,33-34H2,1-7H3,(H,71,80)(H,72,86)(H,73,85)(H,74,79)(H,75,81)(H,87,88)/t36?,37-,38?,42-,43?,44-,45?,46-,47+,52-,53+,54+,55?,56?,57-,59-,63?,68+,69-,70+/m0/s1. The third-order valence-corrected chi connectivity index (χ3v) is 20.2. The van der Waals surface area contributed by atoms with E-state index in [9.17, 15) is 93.6 Å². The first-order chi connectivity index (χ1) is 47.2. The van der Waals surface area contributed by atoms with Crippen LogP contribution in [0.2, 0.25) is 0 Å². The van der Waals surface area contributed by atoms with Crippen LogP contribution in [0.15, 0.2) is 102 Å². The van der Waals surface area contributed by atoms with E-state index >= 15 is 0 Å². The summed E-state index contributed by atoms with van der Waals surface area (Å²) in [6.45, 7) is 8.73. The van der Waals surface area contributed by atoms with Gasteiger partial charge in [-0.25, -0.2) is 19.2 Å². The fraction of sp³-hybridized carbons (Fsp3) is 0.557. The second-order valence-corrected chi connectivity index (χ2v) is 27.0. The second kappa shape index (κ2) is 32.5. The number of aliphatic hydroxyl groups is 7. The number of carbonyl (C=O) groups is 11. The number of hydrogen-bond acceptors (Lipinski definition) is 24. The van der Waals surface area contributed by atoms with Gasteiger partial charge >= 0.3 is 23.9 Å². The van der Waals surface area contributed by atoms with Gasteiger partial charge in [0, 0.05) is 43.1 Å². The lowest BCUT2D eigenvalue weighted by atomic mass is 9.44. The number of hydrogen-bond donors (Lipinski definition) is 13. The molecular formula is C70H89N5O25. The third kappa shape index (κ3) is 16.5. The third-order valence-electron chi connectivity index (χ3n) is 20.2. The lowest BCUT2D eigenvalue weighted by Gasteiger charge is -2.66. The van der Waals surface area contributed by atoms with Gasteiger partial charge in [0.15, 0.2) is 24.3 Å². The molecule has 3 aromatic carbocycles. The summed E-state index contributed by atoms with van der Waals surface area (Å²) >= 11 is 0. The van der Waals surface area contributed by atoms with Crippen LogP contribution in [-0.4, -0.2) is 223 Å². The van der Waals surface area contributed by atoms with Gasteiger partial charge in [0.05, 0.1) is 54.0 Å². The van der Waals surface area contributed by atoms with Gasteiger partial charge in [-0.3, -0.25) is 28.8 Å². The molecule has 8 rings (SSSR count). The molecule has 7 unspecified atom stereocenters. The Morgan fingerprint density at radius 1 is 0.750 bits per heavy atom. The highest BCUT2D eigenvalue weighted by Crippen LogP contribution is 2.63. The number of rotatable bonds is 29. The lowest BCUT2D eigenvalue weighted by molar-refractivity contribution is -0.343. The van der Waals surface area contributed by atoms with Gasteiger partial charge in [-0.2, -0.15) is 0 Å². The maximum Gasteiger partial charge on any atom is 0.338 e. The van der Waals surface area contributed by atoms with E-state index in [1.54, 1.807) is 54.6 Å². The van der Waals surface area contributed by atoms with Crippen molar-refractivity contribution in [1.82, 2.24) is 26.6 Å². The number of ketones is 1. The maximum atomic E-state index is 14.9. The number of amides is 5. The average Bonchev–Trinajstić information content (AvgIpc) is 0.673. The molecule has 2 saturated carbocycles. The topological polar surface area (TPSA) is 465 Å². The molecule has 13 N–H and O–H groups in total. The van der Waals surface area contributed by atoms with Crippen molar-refractivity contribution in [3.05, 3.63) is 119 Å². The molecule has 0 spiro atoms. The molecule has 544 valence electrons. The smallest absolute Gasteiger partial charge is 0.338 e. The normalized spacial score (nSPS) is 29.9. The molecule has 3 aliphatic carbocycles. The van der Waals surface area contributed by atoms with Gasteiger partial charge in [-0.15, -0.1) is 0 Å². The maximum absolute atomic E-state index is 14.9. The molecule has 2 aliphatic heterocycles. The molecular weight excluding hydrogens is 1310 g/mol. The SMILES string of the molecule is CC1=C2[C@@H](O)C(=O)[C@@]3(C)[C@H]([C@H](OC(=O)c4ccccc4)[C@](O)(C[C@@H]1OC(=O)[C@H](O)[C@@H](NC(=O)CC(=O)NCCCCC(NC(=O)CC[C@@H](C=O)NC(=O)[C@H](C)NC(=O)C(C)OC1C(C)C(O)OC(CO)C1OC(=O)c1ccccc1)C(=O)O)c1ccccc1)C2(C)C)[C@]1(O)CO[C@@H]1C[C@@H]3O. The monoisotopic (exact) mass is 1400 g/mol. The molecule has 5 aliphatic rings. The van der Waals surface area contributed by atoms with Crippen LogP contribution in [0.4, 0.5) is 0 Å². The molecule has 100 heavy (non-hydrogen) atoms. The van der Waals surface area contributed by atoms with E-state index in [4.69, 9.17) is 28.4 Å².